The average Bonchev–Trinajstić information content (AvgIpc) is 2.47. The molecule has 0 aromatic carbocycles. The van der Waals surface area contributed by atoms with Gasteiger partial charge in [-0.1, -0.05) is 5.73 Å². The third-order valence-corrected chi connectivity index (χ3v) is 4.93. The highest BCUT2D eigenvalue weighted by Gasteiger charge is 2.24. The maximum Gasteiger partial charge on any atom is 0.313 e. The molecule has 0 N–H and O–H groups in total. The van der Waals surface area contributed by atoms with Crippen molar-refractivity contribution >= 4 is 28.4 Å². The normalized spacial score (nSPS) is 13.0. The molecule has 0 heterocycles. The standard InChI is InChI=1S/C25H46O6Si2/c1-24(2,3)28-22(27)18-20(26)16-14-13-15-17-21(30-32(7,8)9)19-23(29-25(4,5)6)31-33(10,11)12/h15,19H,13-14,16,18H2,1-12H3/b23-19-. The molecule has 33 heavy (non-hydrogen) atoms. The highest BCUT2D eigenvalue weighted by Crippen LogP contribution is 2.22. The first-order valence-electron chi connectivity index (χ1n) is 11.6. The summed E-state index contributed by atoms with van der Waals surface area (Å²) < 4.78 is 23.6. The van der Waals surface area contributed by atoms with Crippen molar-refractivity contribution in [1.29, 1.82) is 0 Å². The summed E-state index contributed by atoms with van der Waals surface area (Å²) in [5.74, 6) is 0.396. The molecule has 190 valence electrons. The smallest absolute Gasteiger partial charge is 0.313 e. The predicted molar refractivity (Wildman–Crippen MR) is 139 cm³/mol. The quantitative estimate of drug-likeness (QED) is 0.0557. The van der Waals surface area contributed by atoms with Crippen LogP contribution in [0.3, 0.4) is 0 Å². The fourth-order valence-electron chi connectivity index (χ4n) is 2.42. The molecule has 0 radical (unpaired) electrons. The van der Waals surface area contributed by atoms with Crippen LogP contribution in [0.1, 0.15) is 67.2 Å². The van der Waals surface area contributed by atoms with Gasteiger partial charge in [0.15, 0.2) is 5.76 Å². The van der Waals surface area contributed by atoms with Gasteiger partial charge in [0, 0.05) is 6.42 Å². The highest BCUT2D eigenvalue weighted by molar-refractivity contribution is 6.70. The average molecular weight is 499 g/mol. The first kappa shape index (κ1) is 31.2. The number of hydrogen-bond donors (Lipinski definition) is 0. The van der Waals surface area contributed by atoms with E-state index in [4.69, 9.17) is 18.3 Å². The van der Waals surface area contributed by atoms with Gasteiger partial charge in [-0.2, -0.15) is 0 Å². The number of allylic oxidation sites excluding steroid dienone is 1. The minimum atomic E-state index is -1.90. The van der Waals surface area contributed by atoms with E-state index in [1.807, 2.05) is 26.8 Å². The lowest BCUT2D eigenvalue weighted by Gasteiger charge is -2.28. The van der Waals surface area contributed by atoms with E-state index in [9.17, 15) is 9.59 Å². The molecule has 0 aromatic heterocycles. The second kappa shape index (κ2) is 12.6. The maximum atomic E-state index is 12.0. The molecule has 0 amide bonds. The summed E-state index contributed by atoms with van der Waals surface area (Å²) >= 11 is 0. The predicted octanol–water partition coefficient (Wildman–Crippen LogP) is 6.86. The van der Waals surface area contributed by atoms with E-state index in [0.29, 0.717) is 31.0 Å². The summed E-state index contributed by atoms with van der Waals surface area (Å²) in [6.07, 6.45) is 5.01. The zero-order valence-electron chi connectivity index (χ0n) is 22.9. The Morgan fingerprint density at radius 3 is 1.79 bits per heavy atom. The Kier molecular flexibility index (Phi) is 12.0. The van der Waals surface area contributed by atoms with Gasteiger partial charge in [-0.25, -0.2) is 0 Å². The number of Topliss-reactive ketones (excluding diaryl/α,β-unsaturated/α-hetero) is 1. The summed E-state index contributed by atoms with van der Waals surface area (Å²) in [6.45, 7) is 23.9. The molecular formula is C25H46O6Si2. The number of esters is 1. The molecule has 0 aliphatic rings. The zero-order valence-corrected chi connectivity index (χ0v) is 24.9. The van der Waals surface area contributed by atoms with Gasteiger partial charge in [0.1, 0.15) is 23.4 Å². The van der Waals surface area contributed by atoms with E-state index in [1.165, 1.54) is 0 Å². The lowest BCUT2D eigenvalue weighted by atomic mass is 10.1. The van der Waals surface area contributed by atoms with Crippen molar-refractivity contribution < 1.29 is 27.9 Å². The molecule has 6 nitrogen and oxygen atoms in total. The second-order valence-electron chi connectivity index (χ2n) is 12.0. The van der Waals surface area contributed by atoms with Gasteiger partial charge in [-0.15, -0.1) is 0 Å². The van der Waals surface area contributed by atoms with Gasteiger partial charge < -0.3 is 18.3 Å². The van der Waals surface area contributed by atoms with Crippen molar-refractivity contribution in [2.75, 3.05) is 0 Å². The van der Waals surface area contributed by atoms with Crippen LogP contribution in [0.15, 0.2) is 29.6 Å². The summed E-state index contributed by atoms with van der Waals surface area (Å²) in [5.41, 5.74) is 2.21. The molecule has 0 saturated carbocycles. The third-order valence-electron chi connectivity index (χ3n) is 3.29. The Morgan fingerprint density at radius 1 is 0.818 bits per heavy atom. The molecule has 0 rings (SSSR count). The van der Waals surface area contributed by atoms with Crippen molar-refractivity contribution in [3.63, 3.8) is 0 Å². The molecule has 0 atom stereocenters. The topological polar surface area (TPSA) is 71.1 Å². The molecule has 0 saturated heterocycles. The maximum absolute atomic E-state index is 12.0. The minimum absolute atomic E-state index is 0.121. The number of hydrogen-bond acceptors (Lipinski definition) is 6. The number of carbonyl (C=O) groups excluding carboxylic acids is 2. The van der Waals surface area contributed by atoms with Gasteiger partial charge in [-0.3, -0.25) is 9.59 Å². The summed E-state index contributed by atoms with van der Waals surface area (Å²) in [6, 6.07) is 0. The lowest BCUT2D eigenvalue weighted by molar-refractivity contribution is -0.156. The SMILES string of the molecule is CC(C)(C)OC(=O)CC(=O)CCCC=C=C(/C=C(/OC(C)(C)C)O[Si](C)(C)C)O[Si](C)(C)C. The highest BCUT2D eigenvalue weighted by atomic mass is 28.4. The van der Waals surface area contributed by atoms with Gasteiger partial charge in [0.2, 0.25) is 16.6 Å². The number of ether oxygens (including phenoxy) is 2. The van der Waals surface area contributed by atoms with Crippen molar-refractivity contribution in [2.45, 2.75) is 118 Å². The van der Waals surface area contributed by atoms with Gasteiger partial charge in [-0.05, 0) is 99.7 Å². The Labute approximate surface area is 203 Å². The molecule has 0 unspecified atom stereocenters. The van der Waals surface area contributed by atoms with Crippen LogP contribution in [0.5, 0.6) is 0 Å². The fourth-order valence-corrected chi connectivity index (χ4v) is 3.90. The van der Waals surface area contributed by atoms with Crippen molar-refractivity contribution in [2.24, 2.45) is 0 Å². The van der Waals surface area contributed by atoms with Crippen LogP contribution in [-0.4, -0.2) is 39.6 Å². The van der Waals surface area contributed by atoms with Crippen LogP contribution in [0, 0.1) is 0 Å². The second-order valence-corrected chi connectivity index (χ2v) is 20.9. The van der Waals surface area contributed by atoms with Crippen LogP contribution >= 0.6 is 0 Å². The third kappa shape index (κ3) is 20.6. The summed E-state index contributed by atoms with van der Waals surface area (Å²) in [5, 5.41) is 0. The summed E-state index contributed by atoms with van der Waals surface area (Å²) in [7, 11) is -3.79. The van der Waals surface area contributed by atoms with E-state index in [-0.39, 0.29) is 12.2 Å². The number of rotatable bonds is 12. The van der Waals surface area contributed by atoms with Crippen LogP contribution in [0.25, 0.3) is 0 Å². The number of unbranched alkanes of at least 4 members (excludes halogenated alkanes) is 1. The van der Waals surface area contributed by atoms with E-state index < -0.39 is 33.8 Å². The summed E-state index contributed by atoms with van der Waals surface area (Å²) in [4.78, 5) is 23.8. The molecule has 0 spiro atoms. The van der Waals surface area contributed by atoms with Crippen LogP contribution in [0.2, 0.25) is 39.3 Å². The van der Waals surface area contributed by atoms with E-state index in [1.54, 1.807) is 26.8 Å². The molecular weight excluding hydrogens is 452 g/mol. The van der Waals surface area contributed by atoms with Crippen molar-refractivity contribution in [3.8, 4) is 0 Å². The molecule has 0 aliphatic heterocycles. The number of carbonyl (C=O) groups is 2. The molecule has 0 aromatic rings. The number of ketones is 1. The van der Waals surface area contributed by atoms with Gasteiger partial charge >= 0.3 is 5.97 Å². The Bertz CT molecular complexity index is 732. The fraction of sp³-hybridized carbons (Fsp3) is 0.720. The Morgan fingerprint density at radius 2 is 1.33 bits per heavy atom. The van der Waals surface area contributed by atoms with E-state index in [2.05, 4.69) is 45.0 Å². The van der Waals surface area contributed by atoms with Crippen LogP contribution in [0.4, 0.5) is 0 Å². The molecule has 0 aliphatic carbocycles. The first-order valence-corrected chi connectivity index (χ1v) is 18.4. The molecule has 0 bridgehead atoms. The zero-order chi connectivity index (χ0) is 26.1. The first-order chi connectivity index (χ1) is 14.7. The van der Waals surface area contributed by atoms with Gasteiger partial charge in [0.25, 0.3) is 5.95 Å². The lowest BCUT2D eigenvalue weighted by Crippen LogP contribution is -2.30. The van der Waals surface area contributed by atoms with Crippen LogP contribution in [-0.2, 0) is 27.9 Å². The monoisotopic (exact) mass is 498 g/mol. The largest absolute Gasteiger partial charge is 0.539 e. The van der Waals surface area contributed by atoms with E-state index >= 15 is 0 Å². The van der Waals surface area contributed by atoms with Crippen molar-refractivity contribution in [1.82, 2.24) is 0 Å². The van der Waals surface area contributed by atoms with Crippen LogP contribution < -0.4 is 0 Å². The minimum Gasteiger partial charge on any atom is -0.539 e. The van der Waals surface area contributed by atoms with Gasteiger partial charge in [0.05, 0.1) is 6.08 Å². The van der Waals surface area contributed by atoms with E-state index in [0.717, 1.165) is 0 Å². The van der Waals surface area contributed by atoms with Crippen molar-refractivity contribution in [3.05, 3.63) is 29.6 Å². The Balaban J connectivity index is 5.33. The molecule has 8 heteroatoms. The molecule has 0 fully saturated rings. The Hall–Kier alpha value is -1.77.